The number of carbonyl (C=O) groups is 2. The second kappa shape index (κ2) is 10.1. The van der Waals surface area contributed by atoms with Crippen LogP contribution in [0.3, 0.4) is 0 Å². The van der Waals surface area contributed by atoms with Gasteiger partial charge in [-0.05, 0) is 52.4 Å². The zero-order valence-corrected chi connectivity index (χ0v) is 17.9. The van der Waals surface area contributed by atoms with Crippen LogP contribution in [0, 0.1) is 0 Å². The van der Waals surface area contributed by atoms with Crippen molar-refractivity contribution in [1.29, 1.82) is 0 Å². The highest BCUT2D eigenvalue weighted by molar-refractivity contribution is 5.97. The molecule has 0 aliphatic carbocycles. The second-order valence-corrected chi connectivity index (χ2v) is 7.94. The topological polar surface area (TPSA) is 70.7 Å². The summed E-state index contributed by atoms with van der Waals surface area (Å²) in [5.74, 6) is 0.251. The van der Waals surface area contributed by atoms with Crippen LogP contribution in [0.25, 0.3) is 0 Å². The molecule has 6 heteroatoms. The average molecular weight is 398 g/mol. The number of hydrogen-bond acceptors (Lipinski definition) is 4. The minimum Gasteiger partial charge on any atom is -0.492 e. The molecule has 156 valence electrons. The van der Waals surface area contributed by atoms with E-state index in [4.69, 9.17) is 4.74 Å². The van der Waals surface area contributed by atoms with Crippen LogP contribution in [-0.2, 0) is 9.59 Å². The van der Waals surface area contributed by atoms with E-state index in [0.717, 1.165) is 5.56 Å². The van der Waals surface area contributed by atoms with Gasteiger partial charge in [-0.3, -0.25) is 14.5 Å². The number of anilines is 1. The van der Waals surface area contributed by atoms with Crippen molar-refractivity contribution in [2.45, 2.75) is 39.3 Å². The minimum absolute atomic E-state index is 0.0946. The maximum absolute atomic E-state index is 13.2. The lowest BCUT2D eigenvalue weighted by atomic mass is 10.0. The van der Waals surface area contributed by atoms with Gasteiger partial charge in [-0.25, -0.2) is 0 Å². The third-order valence-corrected chi connectivity index (χ3v) is 4.16. The zero-order chi connectivity index (χ0) is 21.4. The molecule has 0 saturated carbocycles. The van der Waals surface area contributed by atoms with Gasteiger partial charge in [0.05, 0.1) is 18.8 Å². The molecule has 6 nitrogen and oxygen atoms in total. The third kappa shape index (κ3) is 6.91. The molecule has 0 aromatic heterocycles. The van der Waals surface area contributed by atoms with Crippen molar-refractivity contribution < 1.29 is 14.3 Å². The number of para-hydroxylation sites is 2. The Kier molecular flexibility index (Phi) is 7.79. The van der Waals surface area contributed by atoms with Crippen LogP contribution < -0.4 is 15.4 Å². The smallest absolute Gasteiger partial charge is 0.246 e. The van der Waals surface area contributed by atoms with Crippen molar-refractivity contribution in [3.63, 3.8) is 0 Å². The number of likely N-dealkylation sites (N-methyl/N-ethyl adjacent to an activating group) is 1. The van der Waals surface area contributed by atoms with Gasteiger partial charge in [-0.1, -0.05) is 42.5 Å². The SMILES string of the molecule is CCOc1ccccc1NC(=O)[C@H](c1ccccc1)N(C)CC(=O)NC(C)(C)C. The number of benzene rings is 2. The molecule has 0 heterocycles. The van der Waals surface area contributed by atoms with E-state index in [-0.39, 0.29) is 23.9 Å². The van der Waals surface area contributed by atoms with E-state index in [1.807, 2.05) is 76.2 Å². The number of hydrogen-bond donors (Lipinski definition) is 2. The van der Waals surface area contributed by atoms with Gasteiger partial charge in [0.25, 0.3) is 0 Å². The molecule has 0 bridgehead atoms. The predicted octanol–water partition coefficient (Wildman–Crippen LogP) is 3.61. The van der Waals surface area contributed by atoms with Gasteiger partial charge >= 0.3 is 0 Å². The van der Waals surface area contributed by atoms with E-state index in [9.17, 15) is 9.59 Å². The molecular formula is C23H31N3O3. The third-order valence-electron chi connectivity index (χ3n) is 4.16. The summed E-state index contributed by atoms with van der Waals surface area (Å²) >= 11 is 0. The van der Waals surface area contributed by atoms with Gasteiger partial charge in [-0.15, -0.1) is 0 Å². The number of nitrogens with zero attached hydrogens (tertiary/aromatic N) is 1. The standard InChI is InChI=1S/C23H31N3O3/c1-6-29-19-15-11-10-14-18(19)24-22(28)21(17-12-8-7-9-13-17)26(5)16-20(27)25-23(2,3)4/h7-15,21H,6,16H2,1-5H3,(H,24,28)(H,25,27)/t21-/m0/s1. The molecule has 0 radical (unpaired) electrons. The van der Waals surface area contributed by atoms with Crippen LogP contribution in [0.5, 0.6) is 5.75 Å². The lowest BCUT2D eigenvalue weighted by Gasteiger charge is -2.29. The summed E-state index contributed by atoms with van der Waals surface area (Å²) in [7, 11) is 1.77. The Morgan fingerprint density at radius 1 is 1.03 bits per heavy atom. The number of rotatable bonds is 8. The van der Waals surface area contributed by atoms with Gasteiger partial charge in [0.1, 0.15) is 11.8 Å². The monoisotopic (exact) mass is 397 g/mol. The Labute approximate surface area is 173 Å². The van der Waals surface area contributed by atoms with Crippen LogP contribution in [0.2, 0.25) is 0 Å². The highest BCUT2D eigenvalue weighted by Gasteiger charge is 2.28. The first-order valence-corrected chi connectivity index (χ1v) is 9.80. The summed E-state index contributed by atoms with van der Waals surface area (Å²) in [4.78, 5) is 27.4. The Bertz CT molecular complexity index is 816. The lowest BCUT2D eigenvalue weighted by Crippen LogP contribution is -2.47. The quantitative estimate of drug-likeness (QED) is 0.714. The summed E-state index contributed by atoms with van der Waals surface area (Å²) in [5.41, 5.74) is 1.08. The average Bonchev–Trinajstić information content (AvgIpc) is 2.63. The van der Waals surface area contributed by atoms with E-state index < -0.39 is 6.04 Å². The van der Waals surface area contributed by atoms with Gasteiger partial charge in [0, 0.05) is 5.54 Å². The number of nitrogens with one attached hydrogen (secondary N) is 2. The molecule has 1 atom stereocenters. The lowest BCUT2D eigenvalue weighted by molar-refractivity contribution is -0.126. The number of carbonyl (C=O) groups excluding carboxylic acids is 2. The van der Waals surface area contributed by atoms with Crippen molar-refractivity contribution in [1.82, 2.24) is 10.2 Å². The number of amides is 2. The molecule has 0 fully saturated rings. The van der Waals surface area contributed by atoms with Crippen molar-refractivity contribution in [3.8, 4) is 5.75 Å². The summed E-state index contributed by atoms with van der Waals surface area (Å²) in [6.07, 6.45) is 0. The van der Waals surface area contributed by atoms with Gasteiger partial charge in [-0.2, -0.15) is 0 Å². The molecule has 29 heavy (non-hydrogen) atoms. The molecule has 0 saturated heterocycles. The molecule has 0 unspecified atom stereocenters. The van der Waals surface area contributed by atoms with Crippen molar-refractivity contribution in [2.24, 2.45) is 0 Å². The highest BCUT2D eigenvalue weighted by Crippen LogP contribution is 2.27. The molecular weight excluding hydrogens is 366 g/mol. The van der Waals surface area contributed by atoms with Crippen molar-refractivity contribution in [3.05, 3.63) is 60.2 Å². The van der Waals surface area contributed by atoms with Crippen LogP contribution >= 0.6 is 0 Å². The van der Waals surface area contributed by atoms with Gasteiger partial charge < -0.3 is 15.4 Å². The Morgan fingerprint density at radius 2 is 1.66 bits per heavy atom. The Balaban J connectivity index is 2.24. The Morgan fingerprint density at radius 3 is 2.28 bits per heavy atom. The van der Waals surface area contributed by atoms with E-state index in [2.05, 4.69) is 10.6 Å². The molecule has 2 aromatic rings. The fraction of sp³-hybridized carbons (Fsp3) is 0.391. The fourth-order valence-corrected chi connectivity index (χ4v) is 3.07. The maximum atomic E-state index is 13.2. The van der Waals surface area contributed by atoms with Crippen LogP contribution in [0.4, 0.5) is 5.69 Å². The van der Waals surface area contributed by atoms with E-state index >= 15 is 0 Å². The van der Waals surface area contributed by atoms with Crippen LogP contribution in [0.1, 0.15) is 39.3 Å². The first kappa shape index (κ1) is 22.4. The van der Waals surface area contributed by atoms with Crippen LogP contribution in [0.15, 0.2) is 54.6 Å². The van der Waals surface area contributed by atoms with E-state index in [1.165, 1.54) is 0 Å². The molecule has 2 rings (SSSR count). The van der Waals surface area contributed by atoms with Crippen LogP contribution in [-0.4, -0.2) is 42.5 Å². The summed E-state index contributed by atoms with van der Waals surface area (Å²) < 4.78 is 5.61. The Hall–Kier alpha value is -2.86. The molecule has 0 spiro atoms. The van der Waals surface area contributed by atoms with Gasteiger partial charge in [0.2, 0.25) is 11.8 Å². The van der Waals surface area contributed by atoms with Crippen molar-refractivity contribution >= 4 is 17.5 Å². The molecule has 0 aliphatic rings. The largest absolute Gasteiger partial charge is 0.492 e. The molecule has 2 N–H and O–H groups in total. The molecule has 0 aliphatic heterocycles. The minimum atomic E-state index is -0.628. The van der Waals surface area contributed by atoms with E-state index in [1.54, 1.807) is 18.0 Å². The summed E-state index contributed by atoms with van der Waals surface area (Å²) in [5, 5.41) is 5.90. The summed E-state index contributed by atoms with van der Waals surface area (Å²) in [6, 6.07) is 16.1. The molecule has 2 amide bonds. The normalized spacial score (nSPS) is 12.3. The van der Waals surface area contributed by atoms with Crippen molar-refractivity contribution in [2.75, 3.05) is 25.5 Å². The maximum Gasteiger partial charge on any atom is 0.246 e. The predicted molar refractivity (Wildman–Crippen MR) is 116 cm³/mol. The van der Waals surface area contributed by atoms with Gasteiger partial charge in [0.15, 0.2) is 0 Å². The second-order valence-electron chi connectivity index (χ2n) is 7.94. The van der Waals surface area contributed by atoms with E-state index in [0.29, 0.717) is 18.0 Å². The first-order valence-electron chi connectivity index (χ1n) is 9.80. The number of ether oxygens (including phenoxy) is 1. The molecule has 2 aromatic carbocycles. The summed E-state index contributed by atoms with van der Waals surface area (Å²) in [6.45, 7) is 8.27. The fourth-order valence-electron chi connectivity index (χ4n) is 3.07. The zero-order valence-electron chi connectivity index (χ0n) is 17.9. The first-order chi connectivity index (χ1) is 13.7. The highest BCUT2D eigenvalue weighted by atomic mass is 16.5.